The Kier molecular flexibility index (Phi) is 8.39. The van der Waals surface area contributed by atoms with Gasteiger partial charge >= 0.3 is 6.18 Å². The van der Waals surface area contributed by atoms with Gasteiger partial charge in [0, 0.05) is 25.7 Å². The lowest BCUT2D eigenvalue weighted by Gasteiger charge is -2.26. The van der Waals surface area contributed by atoms with Crippen molar-refractivity contribution in [3.05, 3.63) is 56.7 Å². The number of benzene rings is 1. The number of hydrogen-bond acceptors (Lipinski definition) is 7. The number of rotatable bonds is 6. The third-order valence-corrected chi connectivity index (χ3v) is 7.62. The largest absolute Gasteiger partial charge is 0.416 e. The van der Waals surface area contributed by atoms with Crippen molar-refractivity contribution < 1.29 is 22.7 Å². The van der Waals surface area contributed by atoms with Crippen molar-refractivity contribution in [1.29, 1.82) is 0 Å². The van der Waals surface area contributed by atoms with Gasteiger partial charge in [-0.1, -0.05) is 24.6 Å². The van der Waals surface area contributed by atoms with E-state index in [1.807, 2.05) is 17.9 Å². The van der Waals surface area contributed by atoms with Crippen molar-refractivity contribution in [1.82, 2.24) is 24.5 Å². The molecule has 14 heteroatoms. The predicted molar refractivity (Wildman–Crippen MR) is 149 cm³/mol. The predicted octanol–water partition coefficient (Wildman–Crippen LogP) is 3.76. The van der Waals surface area contributed by atoms with Gasteiger partial charge in [-0.15, -0.1) is 5.10 Å². The van der Waals surface area contributed by atoms with Crippen LogP contribution in [0.3, 0.4) is 0 Å². The summed E-state index contributed by atoms with van der Waals surface area (Å²) in [5.41, 5.74) is 0.723. The molecule has 5 rings (SSSR count). The minimum atomic E-state index is -4.56. The molecule has 0 radical (unpaired) electrons. The van der Waals surface area contributed by atoms with Crippen LogP contribution in [-0.4, -0.2) is 64.0 Å². The number of carbonyl (C=O) groups is 1. The number of alkyl halides is 3. The van der Waals surface area contributed by atoms with E-state index in [9.17, 15) is 22.8 Å². The summed E-state index contributed by atoms with van der Waals surface area (Å²) in [5, 5.41) is 10.3. The zero-order valence-electron chi connectivity index (χ0n) is 22.7. The zero-order valence-corrected chi connectivity index (χ0v) is 23.5. The van der Waals surface area contributed by atoms with E-state index in [1.165, 1.54) is 4.52 Å². The van der Waals surface area contributed by atoms with Crippen molar-refractivity contribution in [2.24, 2.45) is 0 Å². The highest BCUT2D eigenvalue weighted by atomic mass is 35.5. The summed E-state index contributed by atoms with van der Waals surface area (Å²) < 4.78 is 47.5. The number of amides is 1. The summed E-state index contributed by atoms with van der Waals surface area (Å²) in [6, 6.07) is 3.03. The number of hydrogen-bond donors (Lipinski definition) is 2. The molecule has 1 saturated heterocycles. The number of ether oxygens (including phenoxy) is 1. The van der Waals surface area contributed by atoms with Crippen molar-refractivity contribution in [2.75, 3.05) is 43.1 Å². The first-order chi connectivity index (χ1) is 19.6. The molecule has 1 amide bonds. The molecular weight excluding hydrogens is 563 g/mol. The zero-order chi connectivity index (χ0) is 29.3. The molecule has 1 aromatic carbocycles. The van der Waals surface area contributed by atoms with Gasteiger partial charge in [-0.2, -0.15) is 22.7 Å². The topological polar surface area (TPSA) is 106 Å². The maximum atomic E-state index is 13.9. The molecule has 0 bridgehead atoms. The Bertz CT molecular complexity index is 1550. The minimum Gasteiger partial charge on any atom is -0.377 e. The minimum absolute atomic E-state index is 0.0436. The second-order valence-electron chi connectivity index (χ2n) is 10.1. The Hall–Kier alpha value is -3.42. The van der Waals surface area contributed by atoms with Gasteiger partial charge in [0.2, 0.25) is 11.7 Å². The Morgan fingerprint density at radius 1 is 1.29 bits per heavy atom. The van der Waals surface area contributed by atoms with Gasteiger partial charge in [-0.3, -0.25) is 9.59 Å². The first-order valence-corrected chi connectivity index (χ1v) is 13.9. The third kappa shape index (κ3) is 6.11. The number of halogens is 4. The molecule has 2 aliphatic heterocycles. The molecule has 2 aliphatic rings. The quantitative estimate of drug-likeness (QED) is 0.448. The normalized spacial score (nSPS) is 18.3. The molecule has 0 aliphatic carbocycles. The molecule has 0 saturated carbocycles. The van der Waals surface area contributed by atoms with Crippen LogP contribution >= 0.6 is 11.6 Å². The molecule has 3 aromatic rings. The summed E-state index contributed by atoms with van der Waals surface area (Å²) in [7, 11) is 0. The first-order valence-electron chi connectivity index (χ1n) is 13.5. The van der Waals surface area contributed by atoms with E-state index in [4.69, 9.17) is 16.3 Å². The van der Waals surface area contributed by atoms with Crippen LogP contribution in [0.2, 0.25) is 5.02 Å². The molecule has 10 nitrogen and oxygen atoms in total. The van der Waals surface area contributed by atoms with E-state index >= 15 is 0 Å². The summed E-state index contributed by atoms with van der Waals surface area (Å²) in [6.45, 7) is 6.56. The molecule has 1 atom stereocenters. The second kappa shape index (κ2) is 11.8. The number of nitrogens with zero attached hydrogens (tertiary/aromatic N) is 5. The van der Waals surface area contributed by atoms with Gasteiger partial charge in [0.1, 0.15) is 12.2 Å². The average molecular weight is 594 g/mol. The molecule has 1 unspecified atom stereocenters. The highest BCUT2D eigenvalue weighted by Gasteiger charge is 2.31. The molecule has 0 spiro atoms. The number of aromatic nitrogens is 4. The first kappa shape index (κ1) is 29.1. The van der Waals surface area contributed by atoms with Gasteiger partial charge in [-0.05, 0) is 50.0 Å². The average Bonchev–Trinajstić information content (AvgIpc) is 3.28. The van der Waals surface area contributed by atoms with Crippen LogP contribution in [0, 0.1) is 0 Å². The van der Waals surface area contributed by atoms with Crippen LogP contribution in [0.4, 0.5) is 24.5 Å². The van der Waals surface area contributed by atoms with E-state index in [-0.39, 0.29) is 34.6 Å². The van der Waals surface area contributed by atoms with Crippen molar-refractivity contribution in [3.63, 3.8) is 0 Å². The molecule has 1 fully saturated rings. The fourth-order valence-corrected chi connectivity index (χ4v) is 5.38. The fraction of sp³-hybridized carbons (Fsp3) is 0.481. The van der Waals surface area contributed by atoms with E-state index < -0.39 is 17.6 Å². The van der Waals surface area contributed by atoms with Gasteiger partial charge in [0.05, 0.1) is 35.2 Å². The number of fused-ring (bicyclic) bond motifs is 1. The van der Waals surface area contributed by atoms with E-state index in [0.717, 1.165) is 30.2 Å². The van der Waals surface area contributed by atoms with Crippen LogP contribution in [0.5, 0.6) is 0 Å². The number of anilines is 2. The van der Waals surface area contributed by atoms with Gasteiger partial charge in [0.25, 0.3) is 5.56 Å². The van der Waals surface area contributed by atoms with Crippen molar-refractivity contribution >= 4 is 40.2 Å². The standard InChI is InChI=1S/C27H31ClF3N7O3/c1-3-21-23(36-10-6-16(2)32-9-11-36)25(40)38-26(34-24(35-38)17-7-12-41-13-8-17)37(21)15-22(39)33-20-5-4-18(14-19(20)28)27(29,30)31/h4-5,7,14,16,32H,3,6,8-13,15H2,1-2H3,(H,33,39). The van der Waals surface area contributed by atoms with Crippen LogP contribution in [0.25, 0.3) is 11.4 Å². The highest BCUT2D eigenvalue weighted by Crippen LogP contribution is 2.34. The fourth-order valence-electron chi connectivity index (χ4n) is 5.15. The number of carbonyl (C=O) groups excluding carboxylic acids is 1. The maximum absolute atomic E-state index is 13.9. The van der Waals surface area contributed by atoms with E-state index in [0.29, 0.717) is 62.9 Å². The Morgan fingerprint density at radius 3 is 2.78 bits per heavy atom. The van der Waals surface area contributed by atoms with E-state index in [1.54, 1.807) is 4.57 Å². The molecule has 41 heavy (non-hydrogen) atoms. The molecule has 2 aromatic heterocycles. The number of nitrogens with one attached hydrogen (secondary N) is 2. The second-order valence-corrected chi connectivity index (χ2v) is 10.5. The molecule has 220 valence electrons. The van der Waals surface area contributed by atoms with Gasteiger partial charge in [-0.25, -0.2) is 0 Å². The third-order valence-electron chi connectivity index (χ3n) is 7.31. The lowest BCUT2D eigenvalue weighted by atomic mass is 10.1. The molecule has 4 heterocycles. The van der Waals surface area contributed by atoms with E-state index in [2.05, 4.69) is 27.6 Å². The summed E-state index contributed by atoms with van der Waals surface area (Å²) in [4.78, 5) is 33.9. The Balaban J connectivity index is 1.57. The van der Waals surface area contributed by atoms with Crippen molar-refractivity contribution in [3.8, 4) is 0 Å². The lowest BCUT2D eigenvalue weighted by Crippen LogP contribution is -2.37. The van der Waals surface area contributed by atoms with Crippen LogP contribution in [-0.2, 0) is 28.7 Å². The van der Waals surface area contributed by atoms with Crippen LogP contribution in [0.15, 0.2) is 29.1 Å². The Labute approximate surface area is 239 Å². The van der Waals surface area contributed by atoms with Crippen LogP contribution < -0.4 is 21.1 Å². The highest BCUT2D eigenvalue weighted by molar-refractivity contribution is 6.33. The monoisotopic (exact) mass is 593 g/mol. The summed E-state index contributed by atoms with van der Waals surface area (Å²) in [6.07, 6.45) is -0.861. The van der Waals surface area contributed by atoms with Gasteiger partial charge in [0.15, 0.2) is 5.82 Å². The SMILES string of the molecule is CCc1c(N2CCNC(C)CC2)c(=O)n2nc(C3=CCOCC3)nc2n1CC(=O)Nc1ccc(C(F)(F)F)cc1Cl. The van der Waals surface area contributed by atoms with Crippen LogP contribution in [0.1, 0.15) is 43.8 Å². The van der Waals surface area contributed by atoms with Crippen molar-refractivity contribution in [2.45, 2.75) is 51.9 Å². The maximum Gasteiger partial charge on any atom is 0.416 e. The Morgan fingerprint density at radius 2 is 2.10 bits per heavy atom. The summed E-state index contributed by atoms with van der Waals surface area (Å²) in [5.74, 6) is 0.0440. The smallest absolute Gasteiger partial charge is 0.377 e. The van der Waals surface area contributed by atoms with Gasteiger partial charge < -0.3 is 24.8 Å². The summed E-state index contributed by atoms with van der Waals surface area (Å²) >= 11 is 6.08. The lowest BCUT2D eigenvalue weighted by molar-refractivity contribution is -0.137. The molecule has 2 N–H and O–H groups in total. The molecular formula is C27H31ClF3N7O3.